The first-order valence-corrected chi connectivity index (χ1v) is 26.3. The van der Waals surface area contributed by atoms with Gasteiger partial charge >= 0.3 is 6.85 Å². The summed E-state index contributed by atoms with van der Waals surface area (Å²) in [5, 5.41) is 4.66. The van der Waals surface area contributed by atoms with Crippen molar-refractivity contribution in [2.24, 2.45) is 0 Å². The Morgan fingerprint density at radius 3 is 1.84 bits per heavy atom. The minimum absolute atomic E-state index is 0.00661. The molecule has 4 heterocycles. The van der Waals surface area contributed by atoms with Crippen LogP contribution in [0.15, 0.2) is 118 Å². The van der Waals surface area contributed by atoms with Crippen LogP contribution in [0.3, 0.4) is 0 Å². The van der Waals surface area contributed by atoms with Crippen LogP contribution in [0.2, 0.25) is 0 Å². The molecule has 3 aliphatic carbocycles. The van der Waals surface area contributed by atoms with Gasteiger partial charge in [-0.1, -0.05) is 130 Å². The first-order chi connectivity index (χ1) is 33.3. The van der Waals surface area contributed by atoms with E-state index in [4.69, 9.17) is 8.83 Å². The van der Waals surface area contributed by atoms with Crippen molar-refractivity contribution in [1.29, 1.82) is 0 Å². The number of para-hydroxylation sites is 2. The van der Waals surface area contributed by atoms with Crippen LogP contribution < -0.4 is 20.6 Å². The van der Waals surface area contributed by atoms with Crippen LogP contribution in [-0.4, -0.2) is 6.85 Å². The van der Waals surface area contributed by atoms with Crippen molar-refractivity contribution in [2.75, 3.05) is 9.71 Å². The molecule has 0 fully saturated rings. The second-order valence-corrected chi connectivity index (χ2v) is 25.5. The zero-order chi connectivity index (χ0) is 48.2. The molecule has 14 rings (SSSR count). The van der Waals surface area contributed by atoms with E-state index in [-0.39, 0.29) is 33.9 Å². The van der Waals surface area contributed by atoms with E-state index in [1.165, 1.54) is 108 Å². The second kappa shape index (κ2) is 13.8. The number of aryl methyl sites for hydroxylation is 2. The van der Waals surface area contributed by atoms with Gasteiger partial charge in [0.2, 0.25) is 0 Å². The molecule has 0 saturated heterocycles. The van der Waals surface area contributed by atoms with E-state index < -0.39 is 0 Å². The third-order valence-electron chi connectivity index (χ3n) is 18.8. The Morgan fingerprint density at radius 1 is 0.500 bits per heavy atom. The van der Waals surface area contributed by atoms with E-state index in [2.05, 4.69) is 195 Å². The Kier molecular flexibility index (Phi) is 8.42. The van der Waals surface area contributed by atoms with E-state index in [0.717, 1.165) is 70.2 Å². The number of hydrogen-bond acceptors (Lipinski definition) is 4. The van der Waals surface area contributed by atoms with Gasteiger partial charge < -0.3 is 18.5 Å². The molecule has 0 spiro atoms. The lowest BCUT2D eigenvalue weighted by molar-refractivity contribution is 0.332. The Bertz CT molecular complexity index is 3780. The number of benzene rings is 7. The molecular weight excluding hydrogens is 852 g/mol. The van der Waals surface area contributed by atoms with Gasteiger partial charge in [-0.25, -0.2) is 0 Å². The van der Waals surface area contributed by atoms with Crippen LogP contribution in [0, 0.1) is 6.92 Å². The molecule has 0 bridgehead atoms. The Labute approximate surface area is 414 Å². The summed E-state index contributed by atoms with van der Waals surface area (Å²) in [4.78, 5) is 5.40. The largest absolute Gasteiger partial charge is 0.456 e. The lowest BCUT2D eigenvalue weighted by Gasteiger charge is -2.49. The standard InChI is InChI=1S/C65H65BN2O2/c1-37-31-38-17-16-26-61(2,3)45(38)34-50(37)67-52-36-55-56(42-19-13-15-21-54(42)69-55)57-43-33-47-48(65(10,11)30-29-64(47,8)9)35-51(43)68(39-22-24-44-46(32-39)63(6,7)28-27-62(44,4)5)66(58(52)57)49-25-23-41-40-18-12-14-20-53(40)70-60(41)59(49)67/h12-15,18-25,31-36H,16-17,26-30H2,1-11H3. The van der Waals surface area contributed by atoms with Crippen molar-refractivity contribution in [3.63, 3.8) is 0 Å². The first kappa shape index (κ1) is 42.7. The molecule has 7 aromatic carbocycles. The summed E-state index contributed by atoms with van der Waals surface area (Å²) in [6, 6.07) is 42.5. The van der Waals surface area contributed by atoms with Crippen LogP contribution >= 0.6 is 0 Å². The molecule has 0 N–H and O–H groups in total. The zero-order valence-electron chi connectivity index (χ0n) is 43.1. The third kappa shape index (κ3) is 5.67. The number of anilines is 5. The fourth-order valence-corrected chi connectivity index (χ4v) is 14.5. The summed E-state index contributed by atoms with van der Waals surface area (Å²) in [6.45, 7) is 26.8. The van der Waals surface area contributed by atoms with Gasteiger partial charge in [0.25, 0.3) is 0 Å². The predicted molar refractivity (Wildman–Crippen MR) is 296 cm³/mol. The lowest BCUT2D eigenvalue weighted by atomic mass is 9.43. The Balaban J connectivity index is 1.19. The van der Waals surface area contributed by atoms with Gasteiger partial charge in [0, 0.05) is 55.9 Å². The molecule has 4 nitrogen and oxygen atoms in total. The molecule has 0 radical (unpaired) electrons. The highest BCUT2D eigenvalue weighted by Gasteiger charge is 2.50. The molecular formula is C65H65BN2O2. The Hall–Kier alpha value is -6.20. The maximum absolute atomic E-state index is 7.26. The topological polar surface area (TPSA) is 32.8 Å². The van der Waals surface area contributed by atoms with Gasteiger partial charge in [0.05, 0.1) is 5.69 Å². The van der Waals surface area contributed by atoms with E-state index in [1.54, 1.807) is 0 Å². The fraction of sp³-hybridized carbons (Fsp3) is 0.354. The van der Waals surface area contributed by atoms with Crippen molar-refractivity contribution >= 4 is 90.1 Å². The molecule has 0 atom stereocenters. The summed E-state index contributed by atoms with van der Waals surface area (Å²) in [7, 11) is 0. The highest BCUT2D eigenvalue weighted by molar-refractivity contribution is 6.94. The normalized spacial score (nSPS) is 19.7. The molecule has 70 heavy (non-hydrogen) atoms. The number of fused-ring (bicyclic) bond motifs is 15. The van der Waals surface area contributed by atoms with E-state index in [9.17, 15) is 0 Å². The highest BCUT2D eigenvalue weighted by Crippen LogP contribution is 2.57. The Morgan fingerprint density at radius 2 is 1.11 bits per heavy atom. The maximum atomic E-state index is 7.26. The average molecular weight is 917 g/mol. The molecule has 2 aliphatic heterocycles. The fourth-order valence-electron chi connectivity index (χ4n) is 14.5. The monoisotopic (exact) mass is 917 g/mol. The summed E-state index contributed by atoms with van der Waals surface area (Å²) < 4.78 is 14.4. The first-order valence-electron chi connectivity index (χ1n) is 26.3. The van der Waals surface area contributed by atoms with Gasteiger partial charge in [-0.05, 0) is 177 Å². The molecule has 9 aromatic rings. The third-order valence-corrected chi connectivity index (χ3v) is 18.8. The van der Waals surface area contributed by atoms with Gasteiger partial charge in [-0.2, -0.15) is 0 Å². The van der Waals surface area contributed by atoms with Crippen molar-refractivity contribution in [2.45, 2.75) is 148 Å². The summed E-state index contributed by atoms with van der Waals surface area (Å²) >= 11 is 0. The highest BCUT2D eigenvalue weighted by atomic mass is 16.3. The molecule has 0 unspecified atom stereocenters. The minimum Gasteiger partial charge on any atom is -0.456 e. The maximum Gasteiger partial charge on any atom is 0.333 e. The van der Waals surface area contributed by atoms with Crippen molar-refractivity contribution in [1.82, 2.24) is 0 Å². The summed E-state index contributed by atoms with van der Waals surface area (Å²) in [5.41, 5.74) is 25.2. The summed E-state index contributed by atoms with van der Waals surface area (Å²) in [5.74, 6) is 0. The smallest absolute Gasteiger partial charge is 0.333 e. The molecule has 0 saturated carbocycles. The van der Waals surface area contributed by atoms with Gasteiger partial charge in [0.15, 0.2) is 5.58 Å². The van der Waals surface area contributed by atoms with Crippen LogP contribution in [-0.2, 0) is 33.5 Å². The molecule has 350 valence electrons. The average Bonchev–Trinajstić information content (AvgIpc) is 3.90. The van der Waals surface area contributed by atoms with E-state index in [0.29, 0.717) is 0 Å². The molecule has 5 heteroatoms. The second-order valence-electron chi connectivity index (χ2n) is 25.5. The minimum atomic E-state index is -0.190. The zero-order valence-corrected chi connectivity index (χ0v) is 43.1. The number of rotatable bonds is 2. The quantitative estimate of drug-likeness (QED) is 0.162. The predicted octanol–water partition coefficient (Wildman–Crippen LogP) is 16.8. The van der Waals surface area contributed by atoms with Gasteiger partial charge in [0.1, 0.15) is 16.7 Å². The van der Waals surface area contributed by atoms with Crippen LogP contribution in [0.5, 0.6) is 0 Å². The molecule has 2 aromatic heterocycles. The van der Waals surface area contributed by atoms with Gasteiger partial charge in [-0.3, -0.25) is 0 Å². The SMILES string of the molecule is Cc1cc2c(cc1N1c3cc4oc5ccccc5c4c4c3B(c3ccc5c(oc6ccccc65)c31)N(c1ccc3c(c1)C(C)(C)CCC3(C)C)c1cc3c(cc1-4)C(C)(C)CCC3(C)C)C(C)(C)CCC2. The van der Waals surface area contributed by atoms with E-state index in [1.807, 2.05) is 0 Å². The number of hydrogen-bond donors (Lipinski definition) is 0. The number of furan rings is 2. The lowest BCUT2D eigenvalue weighted by Crippen LogP contribution is -2.61. The number of nitrogens with zero attached hydrogens (tertiary/aromatic N) is 2. The van der Waals surface area contributed by atoms with Crippen LogP contribution in [0.1, 0.15) is 147 Å². The van der Waals surface area contributed by atoms with Crippen molar-refractivity contribution < 1.29 is 8.83 Å². The van der Waals surface area contributed by atoms with Crippen LogP contribution in [0.25, 0.3) is 55.0 Å². The van der Waals surface area contributed by atoms with Gasteiger partial charge in [-0.15, -0.1) is 0 Å². The van der Waals surface area contributed by atoms with Crippen molar-refractivity contribution in [3.8, 4) is 11.1 Å². The van der Waals surface area contributed by atoms with Crippen LogP contribution in [0.4, 0.5) is 28.4 Å². The van der Waals surface area contributed by atoms with E-state index >= 15 is 0 Å². The molecule has 5 aliphatic rings. The summed E-state index contributed by atoms with van der Waals surface area (Å²) in [6.07, 6.45) is 8.14. The van der Waals surface area contributed by atoms with Crippen molar-refractivity contribution in [3.05, 3.63) is 148 Å². The molecule has 0 amide bonds.